The van der Waals surface area contributed by atoms with Crippen LogP contribution in [0, 0.1) is 0 Å². The second kappa shape index (κ2) is 13.4. The Hall–Kier alpha value is -7.88. The Labute approximate surface area is 340 Å². The van der Waals surface area contributed by atoms with E-state index in [0.717, 1.165) is 88.6 Å². The van der Waals surface area contributed by atoms with Crippen molar-refractivity contribution in [1.82, 2.24) is 0 Å². The second-order valence-electron chi connectivity index (χ2n) is 15.2. The maximum absolute atomic E-state index is 7.21. The summed E-state index contributed by atoms with van der Waals surface area (Å²) < 4.78 is 14.1. The summed E-state index contributed by atoms with van der Waals surface area (Å²) in [5.41, 5.74) is 13.1. The van der Waals surface area contributed by atoms with Crippen LogP contribution in [-0.4, -0.2) is 0 Å². The molecule has 0 aliphatic carbocycles. The number of anilines is 3. The van der Waals surface area contributed by atoms with Crippen LogP contribution in [0.1, 0.15) is 0 Å². The molecule has 0 aliphatic heterocycles. The van der Waals surface area contributed by atoms with Crippen LogP contribution < -0.4 is 4.90 Å². The predicted molar refractivity (Wildman–Crippen MR) is 247 cm³/mol. The molecule has 0 saturated carbocycles. The molecule has 2 aromatic heterocycles. The number of rotatable bonds is 6. The molecule has 0 unspecified atom stereocenters. The lowest BCUT2D eigenvalue weighted by atomic mass is 9.96. The third-order valence-corrected chi connectivity index (χ3v) is 11.8. The highest BCUT2D eigenvalue weighted by molar-refractivity contribution is 6.25. The highest BCUT2D eigenvalue weighted by atomic mass is 16.3. The standard InChI is InChI=1S/C56H35NO2/c1-3-14-36(15-4-1)40-20-11-21-41(34-40)37-28-31-43(32-29-37)57(49-26-12-24-46-52-44-22-9-7-18-39(44)30-33-51(52)58-54(46)49)50-27-13-25-47-53-45-23-10-8-19-42(45)35-48(56(53)59-55(47)50)38-16-5-2-6-17-38/h1-35H. The molecule has 12 aromatic rings. The molecule has 276 valence electrons. The number of benzene rings is 10. The monoisotopic (exact) mass is 753 g/mol. The van der Waals surface area contributed by atoms with Gasteiger partial charge in [-0.25, -0.2) is 0 Å². The summed E-state index contributed by atoms with van der Waals surface area (Å²) in [7, 11) is 0. The van der Waals surface area contributed by atoms with E-state index in [9.17, 15) is 0 Å². The summed E-state index contributed by atoms with van der Waals surface area (Å²) in [6, 6.07) is 75.4. The molecular weight excluding hydrogens is 719 g/mol. The van der Waals surface area contributed by atoms with E-state index in [1.165, 1.54) is 27.3 Å². The Balaban J connectivity index is 1.11. The van der Waals surface area contributed by atoms with Crippen molar-refractivity contribution < 1.29 is 8.83 Å². The summed E-state index contributed by atoms with van der Waals surface area (Å²) in [4.78, 5) is 2.31. The van der Waals surface area contributed by atoms with Gasteiger partial charge in [0.1, 0.15) is 11.2 Å². The first-order valence-electron chi connectivity index (χ1n) is 20.1. The molecule has 0 amide bonds. The van der Waals surface area contributed by atoms with Crippen LogP contribution >= 0.6 is 0 Å². The Morgan fingerprint density at radius 1 is 0.305 bits per heavy atom. The number of nitrogens with zero attached hydrogens (tertiary/aromatic N) is 1. The summed E-state index contributed by atoms with van der Waals surface area (Å²) in [5, 5.41) is 9.07. The molecule has 0 radical (unpaired) electrons. The van der Waals surface area contributed by atoms with E-state index in [2.05, 4.69) is 217 Å². The largest absolute Gasteiger partial charge is 0.454 e. The van der Waals surface area contributed by atoms with Crippen LogP contribution in [-0.2, 0) is 0 Å². The first-order valence-corrected chi connectivity index (χ1v) is 20.1. The minimum absolute atomic E-state index is 0.814. The normalized spacial score (nSPS) is 11.7. The molecule has 0 aliphatic rings. The Morgan fingerprint density at radius 2 is 0.831 bits per heavy atom. The molecule has 59 heavy (non-hydrogen) atoms. The second-order valence-corrected chi connectivity index (χ2v) is 15.2. The zero-order valence-corrected chi connectivity index (χ0v) is 32.0. The number of para-hydroxylation sites is 2. The van der Waals surface area contributed by atoms with Gasteiger partial charge in [-0.3, -0.25) is 0 Å². The highest BCUT2D eigenvalue weighted by Gasteiger charge is 2.25. The number of hydrogen-bond donors (Lipinski definition) is 0. The van der Waals surface area contributed by atoms with Crippen molar-refractivity contribution in [2.24, 2.45) is 0 Å². The van der Waals surface area contributed by atoms with E-state index in [1.54, 1.807) is 0 Å². The predicted octanol–water partition coefficient (Wildman–Crippen LogP) is 16.3. The van der Waals surface area contributed by atoms with Gasteiger partial charge < -0.3 is 13.7 Å². The fraction of sp³-hybridized carbons (Fsp3) is 0. The molecule has 0 spiro atoms. The van der Waals surface area contributed by atoms with Gasteiger partial charge in [0.15, 0.2) is 11.2 Å². The number of hydrogen-bond acceptors (Lipinski definition) is 3. The SMILES string of the molecule is c1ccc(-c2cccc(-c3ccc(N(c4cccc5c4oc4ccc6ccccc6c45)c4cccc5c4oc4c(-c6ccccc6)cc6ccccc6c45)cc3)c2)cc1. The van der Waals surface area contributed by atoms with Gasteiger partial charge in [0, 0.05) is 32.8 Å². The topological polar surface area (TPSA) is 29.5 Å². The molecule has 12 rings (SSSR count). The van der Waals surface area contributed by atoms with Crippen molar-refractivity contribution in [3.8, 4) is 33.4 Å². The Bertz CT molecular complexity index is 3540. The summed E-state index contributed by atoms with van der Waals surface area (Å²) in [6.07, 6.45) is 0. The smallest absolute Gasteiger partial charge is 0.159 e. The molecule has 0 N–H and O–H groups in total. The highest BCUT2D eigenvalue weighted by Crippen LogP contribution is 2.49. The van der Waals surface area contributed by atoms with E-state index in [1.807, 2.05) is 0 Å². The lowest BCUT2D eigenvalue weighted by molar-refractivity contribution is 0.667. The van der Waals surface area contributed by atoms with Crippen LogP contribution in [0.25, 0.3) is 98.8 Å². The Kier molecular flexibility index (Phi) is 7.54. The molecule has 0 bridgehead atoms. The maximum atomic E-state index is 7.21. The van der Waals surface area contributed by atoms with Gasteiger partial charge in [-0.2, -0.15) is 0 Å². The van der Waals surface area contributed by atoms with Crippen molar-refractivity contribution in [3.63, 3.8) is 0 Å². The van der Waals surface area contributed by atoms with E-state index in [-0.39, 0.29) is 0 Å². The summed E-state index contributed by atoms with van der Waals surface area (Å²) in [5.74, 6) is 0. The van der Waals surface area contributed by atoms with Crippen LogP contribution in [0.2, 0.25) is 0 Å². The molecule has 0 saturated heterocycles. The van der Waals surface area contributed by atoms with Crippen LogP contribution in [0.3, 0.4) is 0 Å². The third kappa shape index (κ3) is 5.36. The lowest BCUT2D eigenvalue weighted by Crippen LogP contribution is -2.10. The molecule has 10 aromatic carbocycles. The minimum atomic E-state index is 0.814. The van der Waals surface area contributed by atoms with Crippen molar-refractivity contribution in [3.05, 3.63) is 212 Å². The van der Waals surface area contributed by atoms with Gasteiger partial charge in [-0.15, -0.1) is 0 Å². The summed E-state index contributed by atoms with van der Waals surface area (Å²) in [6.45, 7) is 0. The van der Waals surface area contributed by atoms with Gasteiger partial charge in [-0.05, 0) is 91.8 Å². The van der Waals surface area contributed by atoms with Gasteiger partial charge in [0.25, 0.3) is 0 Å². The molecule has 0 fully saturated rings. The van der Waals surface area contributed by atoms with Crippen LogP contribution in [0.4, 0.5) is 17.1 Å². The van der Waals surface area contributed by atoms with Crippen molar-refractivity contribution in [2.75, 3.05) is 4.90 Å². The summed E-state index contributed by atoms with van der Waals surface area (Å²) >= 11 is 0. The molecular formula is C56H35NO2. The van der Waals surface area contributed by atoms with Crippen molar-refractivity contribution in [2.45, 2.75) is 0 Å². The quantitative estimate of drug-likeness (QED) is 0.169. The number of furan rings is 2. The fourth-order valence-electron chi connectivity index (χ4n) is 9.09. The molecule has 2 heterocycles. The van der Waals surface area contributed by atoms with Crippen LogP contribution in [0.5, 0.6) is 0 Å². The minimum Gasteiger partial charge on any atom is -0.454 e. The third-order valence-electron chi connectivity index (χ3n) is 11.8. The zero-order valence-electron chi connectivity index (χ0n) is 32.0. The molecule has 3 nitrogen and oxygen atoms in total. The fourth-order valence-corrected chi connectivity index (χ4v) is 9.09. The average molecular weight is 754 g/mol. The number of fused-ring (bicyclic) bond motifs is 10. The molecule has 0 atom stereocenters. The van der Waals surface area contributed by atoms with Gasteiger partial charge in [0.2, 0.25) is 0 Å². The van der Waals surface area contributed by atoms with Gasteiger partial charge >= 0.3 is 0 Å². The average Bonchev–Trinajstić information content (AvgIpc) is 3.90. The van der Waals surface area contributed by atoms with E-state index < -0.39 is 0 Å². The van der Waals surface area contributed by atoms with Gasteiger partial charge in [-0.1, -0.05) is 170 Å². The van der Waals surface area contributed by atoms with Crippen molar-refractivity contribution >= 4 is 82.5 Å². The maximum Gasteiger partial charge on any atom is 0.159 e. The molecule has 3 heteroatoms. The van der Waals surface area contributed by atoms with E-state index in [0.29, 0.717) is 0 Å². The van der Waals surface area contributed by atoms with E-state index >= 15 is 0 Å². The van der Waals surface area contributed by atoms with E-state index in [4.69, 9.17) is 8.83 Å². The van der Waals surface area contributed by atoms with Gasteiger partial charge in [0.05, 0.1) is 11.4 Å². The first-order chi connectivity index (χ1) is 29.3. The Morgan fingerprint density at radius 3 is 1.54 bits per heavy atom. The zero-order chi connectivity index (χ0) is 38.9. The lowest BCUT2D eigenvalue weighted by Gasteiger charge is -2.25. The first kappa shape index (κ1) is 33.3. The van der Waals surface area contributed by atoms with Crippen LogP contribution in [0.15, 0.2) is 221 Å². The van der Waals surface area contributed by atoms with Crippen molar-refractivity contribution in [1.29, 1.82) is 0 Å².